The first-order valence-corrected chi connectivity index (χ1v) is 5.14. The summed E-state index contributed by atoms with van der Waals surface area (Å²) >= 11 is 0. The van der Waals surface area contributed by atoms with Crippen molar-refractivity contribution in [3.05, 3.63) is 29.3 Å². The van der Waals surface area contributed by atoms with E-state index in [-0.39, 0.29) is 5.69 Å². The van der Waals surface area contributed by atoms with Crippen molar-refractivity contribution in [2.75, 3.05) is 5.32 Å². The smallest absolute Gasteiger partial charge is 0.416 e. The number of carboxylic acid groups (broad SMARTS) is 1. The van der Waals surface area contributed by atoms with Crippen LogP contribution in [0.25, 0.3) is 0 Å². The van der Waals surface area contributed by atoms with Crippen molar-refractivity contribution in [2.45, 2.75) is 19.1 Å². The maximum atomic E-state index is 12.5. The van der Waals surface area contributed by atoms with Crippen LogP contribution in [0.15, 0.2) is 18.2 Å². The van der Waals surface area contributed by atoms with Crippen molar-refractivity contribution in [3.8, 4) is 0 Å². The Hall–Kier alpha value is -2.09. The topological polar surface area (TPSA) is 92.4 Å². The number of nitrogens with one attached hydrogen (secondary N) is 1. The van der Waals surface area contributed by atoms with Crippen molar-refractivity contribution in [1.82, 2.24) is 0 Å². The first-order valence-electron chi connectivity index (χ1n) is 5.14. The summed E-state index contributed by atoms with van der Waals surface area (Å²) in [6.45, 7) is 1.36. The quantitative estimate of drug-likeness (QED) is 0.783. The van der Waals surface area contributed by atoms with Crippen LogP contribution < -0.4 is 11.1 Å². The zero-order valence-electron chi connectivity index (χ0n) is 9.78. The first-order chi connectivity index (χ1) is 8.62. The largest absolute Gasteiger partial charge is 0.478 e. The molecule has 1 rings (SSSR count). The summed E-state index contributed by atoms with van der Waals surface area (Å²) < 4.78 is 37.4. The molecular weight excluding hydrogens is 265 g/mol. The highest BCUT2D eigenvalue weighted by atomic mass is 19.4. The van der Waals surface area contributed by atoms with Crippen molar-refractivity contribution < 1.29 is 27.9 Å². The summed E-state index contributed by atoms with van der Waals surface area (Å²) in [4.78, 5) is 22.2. The van der Waals surface area contributed by atoms with Crippen molar-refractivity contribution >= 4 is 17.6 Å². The van der Waals surface area contributed by atoms with Crippen LogP contribution in [0.3, 0.4) is 0 Å². The second-order valence-electron chi connectivity index (χ2n) is 3.84. The fraction of sp³-hybridized carbons (Fsp3) is 0.273. The number of benzene rings is 1. The summed E-state index contributed by atoms with van der Waals surface area (Å²) in [6, 6.07) is 1.11. The van der Waals surface area contributed by atoms with Gasteiger partial charge in [-0.2, -0.15) is 13.2 Å². The second-order valence-corrected chi connectivity index (χ2v) is 3.84. The Morgan fingerprint density at radius 1 is 1.37 bits per heavy atom. The number of anilines is 1. The fourth-order valence-corrected chi connectivity index (χ4v) is 1.25. The molecule has 4 N–H and O–H groups in total. The third-order valence-electron chi connectivity index (χ3n) is 2.25. The highest BCUT2D eigenvalue weighted by Gasteiger charge is 2.32. The molecule has 0 saturated heterocycles. The van der Waals surface area contributed by atoms with E-state index in [9.17, 15) is 22.8 Å². The number of alkyl halides is 3. The minimum atomic E-state index is -4.66. The van der Waals surface area contributed by atoms with Crippen LogP contribution in [0.5, 0.6) is 0 Å². The van der Waals surface area contributed by atoms with Crippen LogP contribution in [-0.2, 0) is 11.0 Å². The van der Waals surface area contributed by atoms with Crippen LogP contribution in [0.2, 0.25) is 0 Å². The van der Waals surface area contributed by atoms with E-state index >= 15 is 0 Å². The molecule has 1 aromatic carbocycles. The standard InChI is InChI=1S/C11H11F3N2O3/c1-5(15)9(17)16-8-3-2-6(11(12,13)14)4-7(8)10(18)19/h2-5H,15H2,1H3,(H,16,17)(H,18,19)/t5-/m1/s1. The number of carbonyl (C=O) groups is 2. The molecule has 1 atom stereocenters. The van der Waals surface area contributed by atoms with Crippen molar-refractivity contribution in [2.24, 2.45) is 5.73 Å². The number of halogens is 3. The van der Waals surface area contributed by atoms with Crippen LogP contribution >= 0.6 is 0 Å². The van der Waals surface area contributed by atoms with Gasteiger partial charge >= 0.3 is 12.1 Å². The number of hydrogen-bond donors (Lipinski definition) is 3. The summed E-state index contributed by atoms with van der Waals surface area (Å²) in [5.74, 6) is -2.27. The zero-order chi connectivity index (χ0) is 14.8. The lowest BCUT2D eigenvalue weighted by molar-refractivity contribution is -0.137. The van der Waals surface area contributed by atoms with E-state index in [2.05, 4.69) is 5.32 Å². The van der Waals surface area contributed by atoms with Crippen LogP contribution in [0.1, 0.15) is 22.8 Å². The number of nitrogens with two attached hydrogens (primary N) is 1. The monoisotopic (exact) mass is 276 g/mol. The highest BCUT2D eigenvalue weighted by molar-refractivity contribution is 6.02. The average Bonchev–Trinajstić information content (AvgIpc) is 2.27. The van der Waals surface area contributed by atoms with Gasteiger partial charge in [-0.15, -0.1) is 0 Å². The third kappa shape index (κ3) is 3.68. The number of carboxylic acids is 1. The van der Waals surface area contributed by atoms with Gasteiger partial charge in [0.05, 0.1) is 22.9 Å². The summed E-state index contributed by atoms with van der Waals surface area (Å²) in [5.41, 5.74) is 3.28. The van der Waals surface area contributed by atoms with Gasteiger partial charge in [0.1, 0.15) is 0 Å². The Labute approximate surface area is 106 Å². The van der Waals surface area contributed by atoms with E-state index in [1.165, 1.54) is 6.92 Å². The lowest BCUT2D eigenvalue weighted by Crippen LogP contribution is -2.33. The van der Waals surface area contributed by atoms with E-state index in [0.717, 1.165) is 6.07 Å². The molecule has 5 nitrogen and oxygen atoms in total. The Morgan fingerprint density at radius 2 is 1.95 bits per heavy atom. The van der Waals surface area contributed by atoms with E-state index < -0.39 is 35.2 Å². The summed E-state index contributed by atoms with van der Waals surface area (Å²) in [5, 5.41) is 11.0. The maximum Gasteiger partial charge on any atom is 0.416 e. The summed E-state index contributed by atoms with van der Waals surface area (Å²) in [6.07, 6.45) is -4.66. The molecule has 0 aliphatic rings. The average molecular weight is 276 g/mol. The number of hydrogen-bond acceptors (Lipinski definition) is 3. The van der Waals surface area contributed by atoms with Crippen LogP contribution in [0.4, 0.5) is 18.9 Å². The number of carbonyl (C=O) groups excluding carboxylic acids is 1. The molecule has 0 aliphatic carbocycles. The van der Waals surface area contributed by atoms with E-state index in [0.29, 0.717) is 12.1 Å². The first kappa shape index (κ1) is 15.0. The Bertz CT molecular complexity index is 512. The fourth-order valence-electron chi connectivity index (χ4n) is 1.25. The minimum Gasteiger partial charge on any atom is -0.478 e. The van der Waals surface area contributed by atoms with Gasteiger partial charge in [-0.3, -0.25) is 4.79 Å². The molecule has 0 unspecified atom stereocenters. The van der Waals surface area contributed by atoms with Gasteiger partial charge in [0, 0.05) is 0 Å². The molecule has 0 heterocycles. The maximum absolute atomic E-state index is 12.5. The van der Waals surface area contributed by atoms with E-state index in [1.807, 2.05) is 0 Å². The predicted molar refractivity (Wildman–Crippen MR) is 60.7 cm³/mol. The normalized spacial score (nSPS) is 12.9. The van der Waals surface area contributed by atoms with Gasteiger partial charge in [-0.05, 0) is 25.1 Å². The van der Waals surface area contributed by atoms with Crippen molar-refractivity contribution in [1.29, 1.82) is 0 Å². The van der Waals surface area contributed by atoms with Crippen molar-refractivity contribution in [3.63, 3.8) is 0 Å². The molecule has 8 heteroatoms. The lowest BCUT2D eigenvalue weighted by atomic mass is 10.1. The Balaban J connectivity index is 3.20. The summed E-state index contributed by atoms with van der Waals surface area (Å²) in [7, 11) is 0. The van der Waals surface area contributed by atoms with Crippen LogP contribution in [0, 0.1) is 0 Å². The van der Waals surface area contributed by atoms with Gasteiger partial charge in [-0.1, -0.05) is 0 Å². The molecule has 19 heavy (non-hydrogen) atoms. The third-order valence-corrected chi connectivity index (χ3v) is 2.25. The van der Waals surface area contributed by atoms with Gasteiger partial charge < -0.3 is 16.2 Å². The zero-order valence-corrected chi connectivity index (χ0v) is 9.78. The molecule has 104 valence electrons. The lowest BCUT2D eigenvalue weighted by Gasteiger charge is -2.13. The minimum absolute atomic E-state index is 0.234. The van der Waals surface area contributed by atoms with E-state index in [1.54, 1.807) is 0 Å². The Kier molecular flexibility index (Phi) is 4.15. The van der Waals surface area contributed by atoms with Gasteiger partial charge in [0.15, 0.2) is 0 Å². The molecule has 1 aromatic rings. The SMILES string of the molecule is C[C@@H](N)C(=O)Nc1ccc(C(F)(F)F)cc1C(=O)O. The molecule has 0 radical (unpaired) electrons. The number of aromatic carboxylic acids is 1. The second kappa shape index (κ2) is 5.27. The Morgan fingerprint density at radius 3 is 2.37 bits per heavy atom. The highest BCUT2D eigenvalue weighted by Crippen LogP contribution is 2.31. The molecule has 0 aliphatic heterocycles. The molecule has 0 saturated carbocycles. The molecule has 0 fully saturated rings. The number of amides is 1. The van der Waals surface area contributed by atoms with E-state index in [4.69, 9.17) is 10.8 Å². The molecular formula is C11H11F3N2O3. The number of rotatable bonds is 3. The van der Waals surface area contributed by atoms with Crippen LogP contribution in [-0.4, -0.2) is 23.0 Å². The molecule has 0 aromatic heterocycles. The molecule has 0 spiro atoms. The van der Waals surface area contributed by atoms with Gasteiger partial charge in [-0.25, -0.2) is 4.79 Å². The predicted octanol–water partition coefficient (Wildman–Crippen LogP) is 1.69. The van der Waals surface area contributed by atoms with Gasteiger partial charge in [0.2, 0.25) is 5.91 Å². The molecule has 0 bridgehead atoms. The molecule has 1 amide bonds. The van der Waals surface area contributed by atoms with Gasteiger partial charge in [0.25, 0.3) is 0 Å².